The highest BCUT2D eigenvalue weighted by atomic mass is 15.1. The highest BCUT2D eigenvalue weighted by Crippen LogP contribution is 2.22. The number of hydrogen-bond acceptors (Lipinski definition) is 2. The first-order chi connectivity index (χ1) is 7.06. The van der Waals surface area contributed by atoms with Gasteiger partial charge in [0.15, 0.2) is 0 Å². The summed E-state index contributed by atoms with van der Waals surface area (Å²) in [6.07, 6.45) is 0.997. The molecule has 0 fully saturated rings. The minimum absolute atomic E-state index is 0.197. The van der Waals surface area contributed by atoms with Crippen LogP contribution in [-0.4, -0.2) is 25.0 Å². The van der Waals surface area contributed by atoms with Gasteiger partial charge in [-0.3, -0.25) is 0 Å². The van der Waals surface area contributed by atoms with Crippen molar-refractivity contribution in [3.63, 3.8) is 0 Å². The van der Waals surface area contributed by atoms with Gasteiger partial charge in [0.25, 0.3) is 0 Å². The Balaban J connectivity index is 2.94. The van der Waals surface area contributed by atoms with Crippen LogP contribution in [0.4, 0.5) is 0 Å². The van der Waals surface area contributed by atoms with Crippen molar-refractivity contribution in [1.82, 2.24) is 4.90 Å². The second kappa shape index (κ2) is 5.29. The van der Waals surface area contributed by atoms with Gasteiger partial charge in [0.1, 0.15) is 0 Å². The Kier molecular flexibility index (Phi) is 4.30. The van der Waals surface area contributed by atoms with Crippen LogP contribution in [0, 0.1) is 6.92 Å². The van der Waals surface area contributed by atoms with Gasteiger partial charge in [0, 0.05) is 12.1 Å². The topological polar surface area (TPSA) is 29.3 Å². The fourth-order valence-corrected chi connectivity index (χ4v) is 1.92. The van der Waals surface area contributed by atoms with Crippen LogP contribution in [0.25, 0.3) is 0 Å². The number of rotatable bonds is 4. The molecule has 2 unspecified atom stereocenters. The quantitative estimate of drug-likeness (QED) is 0.819. The lowest BCUT2D eigenvalue weighted by atomic mass is 9.96. The Morgan fingerprint density at radius 1 is 1.20 bits per heavy atom. The number of benzene rings is 1. The Hall–Kier alpha value is -0.860. The lowest BCUT2D eigenvalue weighted by molar-refractivity contribution is 0.253. The van der Waals surface area contributed by atoms with Crippen molar-refractivity contribution in [2.75, 3.05) is 14.1 Å². The molecule has 2 N–H and O–H groups in total. The van der Waals surface area contributed by atoms with E-state index in [9.17, 15) is 0 Å². The Morgan fingerprint density at radius 3 is 2.13 bits per heavy atom. The van der Waals surface area contributed by atoms with Gasteiger partial charge in [0.05, 0.1) is 0 Å². The van der Waals surface area contributed by atoms with E-state index in [1.807, 2.05) is 0 Å². The van der Waals surface area contributed by atoms with Crippen LogP contribution in [0.15, 0.2) is 24.3 Å². The second-order valence-corrected chi connectivity index (χ2v) is 4.39. The zero-order valence-electron chi connectivity index (χ0n) is 10.2. The zero-order valence-corrected chi connectivity index (χ0v) is 10.2. The van der Waals surface area contributed by atoms with Gasteiger partial charge in [-0.15, -0.1) is 0 Å². The molecule has 0 radical (unpaired) electrons. The van der Waals surface area contributed by atoms with Crippen LogP contribution in [-0.2, 0) is 0 Å². The predicted octanol–water partition coefficient (Wildman–Crippen LogP) is 2.34. The van der Waals surface area contributed by atoms with E-state index in [0.29, 0.717) is 6.04 Å². The third-order valence-corrected chi connectivity index (χ3v) is 2.85. The van der Waals surface area contributed by atoms with Gasteiger partial charge in [-0.1, -0.05) is 36.8 Å². The molecule has 0 spiro atoms. The molecule has 0 aliphatic rings. The summed E-state index contributed by atoms with van der Waals surface area (Å²) in [6.45, 7) is 4.24. The molecule has 0 saturated carbocycles. The summed E-state index contributed by atoms with van der Waals surface area (Å²) in [6, 6.07) is 9.16. The van der Waals surface area contributed by atoms with Crippen LogP contribution in [0.2, 0.25) is 0 Å². The van der Waals surface area contributed by atoms with Crippen LogP contribution in [0.1, 0.15) is 30.5 Å². The fraction of sp³-hybridized carbons (Fsp3) is 0.538. The fourth-order valence-electron chi connectivity index (χ4n) is 1.92. The zero-order chi connectivity index (χ0) is 11.4. The minimum Gasteiger partial charge on any atom is -0.326 e. The van der Waals surface area contributed by atoms with E-state index in [0.717, 1.165) is 6.42 Å². The lowest BCUT2D eigenvalue weighted by Gasteiger charge is -2.29. The molecule has 2 nitrogen and oxygen atoms in total. The molecule has 1 aromatic carbocycles. The van der Waals surface area contributed by atoms with Crippen LogP contribution in [0.5, 0.6) is 0 Å². The van der Waals surface area contributed by atoms with E-state index < -0.39 is 0 Å². The summed E-state index contributed by atoms with van der Waals surface area (Å²) in [4.78, 5) is 2.19. The van der Waals surface area contributed by atoms with Gasteiger partial charge in [-0.2, -0.15) is 0 Å². The van der Waals surface area contributed by atoms with E-state index in [1.165, 1.54) is 11.1 Å². The van der Waals surface area contributed by atoms with Crippen molar-refractivity contribution < 1.29 is 0 Å². The summed E-state index contributed by atoms with van der Waals surface area (Å²) >= 11 is 0. The number of nitrogens with two attached hydrogens (primary N) is 1. The Morgan fingerprint density at radius 2 is 1.73 bits per heavy atom. The first-order valence-corrected chi connectivity index (χ1v) is 5.54. The summed E-state index contributed by atoms with van der Waals surface area (Å²) in [5, 5.41) is 0. The Bertz CT molecular complexity index is 290. The average Bonchev–Trinajstić information content (AvgIpc) is 2.20. The van der Waals surface area contributed by atoms with Crippen LogP contribution < -0.4 is 5.73 Å². The maximum Gasteiger partial charge on any atom is 0.0493 e. The molecule has 2 atom stereocenters. The maximum absolute atomic E-state index is 6.15. The maximum atomic E-state index is 6.15. The van der Waals surface area contributed by atoms with Gasteiger partial charge in [-0.25, -0.2) is 0 Å². The van der Waals surface area contributed by atoms with Crippen molar-refractivity contribution in [3.05, 3.63) is 35.4 Å². The summed E-state index contributed by atoms with van der Waals surface area (Å²) in [7, 11) is 4.17. The van der Waals surface area contributed by atoms with Crippen LogP contribution >= 0.6 is 0 Å². The molecular weight excluding hydrogens is 184 g/mol. The van der Waals surface area contributed by atoms with Crippen LogP contribution in [0.3, 0.4) is 0 Å². The van der Waals surface area contributed by atoms with Gasteiger partial charge in [-0.05, 0) is 33.0 Å². The van der Waals surface area contributed by atoms with Gasteiger partial charge >= 0.3 is 0 Å². The molecule has 0 aromatic heterocycles. The van der Waals surface area contributed by atoms with E-state index in [2.05, 4.69) is 57.1 Å². The highest BCUT2D eigenvalue weighted by Gasteiger charge is 2.20. The molecule has 15 heavy (non-hydrogen) atoms. The van der Waals surface area contributed by atoms with E-state index in [-0.39, 0.29) is 6.04 Å². The summed E-state index contributed by atoms with van der Waals surface area (Å²) < 4.78 is 0. The molecule has 0 aliphatic carbocycles. The molecule has 1 aromatic rings. The molecular formula is C13H22N2. The molecule has 84 valence electrons. The van der Waals surface area contributed by atoms with Crippen molar-refractivity contribution in [2.24, 2.45) is 5.73 Å². The SMILES string of the molecule is CCC(N)C(c1ccc(C)cc1)N(C)C. The predicted molar refractivity (Wildman–Crippen MR) is 65.9 cm³/mol. The first-order valence-electron chi connectivity index (χ1n) is 5.54. The summed E-state index contributed by atoms with van der Waals surface area (Å²) in [5.74, 6) is 0. The van der Waals surface area contributed by atoms with Crippen molar-refractivity contribution in [3.8, 4) is 0 Å². The number of aryl methyl sites for hydroxylation is 1. The van der Waals surface area contributed by atoms with Crippen molar-refractivity contribution in [2.45, 2.75) is 32.4 Å². The largest absolute Gasteiger partial charge is 0.326 e. The second-order valence-electron chi connectivity index (χ2n) is 4.39. The third kappa shape index (κ3) is 3.05. The number of hydrogen-bond donors (Lipinski definition) is 1. The summed E-state index contributed by atoms with van der Waals surface area (Å²) in [5.41, 5.74) is 8.74. The monoisotopic (exact) mass is 206 g/mol. The van der Waals surface area contributed by atoms with Crippen molar-refractivity contribution in [1.29, 1.82) is 0 Å². The highest BCUT2D eigenvalue weighted by molar-refractivity contribution is 5.25. The normalized spacial score (nSPS) is 15.3. The number of likely N-dealkylation sites (N-methyl/N-ethyl adjacent to an activating group) is 1. The standard InChI is InChI=1S/C13H22N2/c1-5-12(14)13(15(3)4)11-8-6-10(2)7-9-11/h6-9,12-13H,5,14H2,1-4H3. The Labute approximate surface area is 93.1 Å². The van der Waals surface area contributed by atoms with Gasteiger partial charge < -0.3 is 10.6 Å². The minimum atomic E-state index is 0.197. The molecule has 0 aliphatic heterocycles. The molecule has 0 bridgehead atoms. The molecule has 0 heterocycles. The smallest absolute Gasteiger partial charge is 0.0493 e. The van der Waals surface area contributed by atoms with E-state index in [1.54, 1.807) is 0 Å². The van der Waals surface area contributed by atoms with E-state index >= 15 is 0 Å². The molecule has 2 heteroatoms. The molecule has 1 rings (SSSR count). The molecule has 0 saturated heterocycles. The third-order valence-electron chi connectivity index (χ3n) is 2.85. The average molecular weight is 206 g/mol. The first kappa shape index (κ1) is 12.2. The van der Waals surface area contributed by atoms with Crippen molar-refractivity contribution >= 4 is 0 Å². The van der Waals surface area contributed by atoms with E-state index in [4.69, 9.17) is 5.73 Å². The molecule has 0 amide bonds. The number of nitrogens with zero attached hydrogens (tertiary/aromatic N) is 1. The lowest BCUT2D eigenvalue weighted by Crippen LogP contribution is -2.36. The van der Waals surface area contributed by atoms with Gasteiger partial charge in [0.2, 0.25) is 0 Å².